The number of carboxylic acid groups (broad SMARTS) is 1. The Bertz CT molecular complexity index is 866. The average Bonchev–Trinajstić information content (AvgIpc) is 2.68. The summed E-state index contributed by atoms with van der Waals surface area (Å²) >= 11 is 0. The van der Waals surface area contributed by atoms with Gasteiger partial charge in [0, 0.05) is 12.8 Å². The van der Waals surface area contributed by atoms with Crippen molar-refractivity contribution in [3.63, 3.8) is 0 Å². The van der Waals surface area contributed by atoms with Gasteiger partial charge >= 0.3 is 24.0 Å². The third-order valence-electron chi connectivity index (χ3n) is 4.17. The molecule has 0 radical (unpaired) electrons. The molecule has 0 fully saturated rings. The van der Waals surface area contributed by atoms with Gasteiger partial charge in [0.2, 0.25) is 11.8 Å². The van der Waals surface area contributed by atoms with Crippen LogP contribution in [0.25, 0.3) is 0 Å². The van der Waals surface area contributed by atoms with Gasteiger partial charge in [0.1, 0.15) is 35.4 Å². The van der Waals surface area contributed by atoms with Gasteiger partial charge in [0.05, 0.1) is 0 Å². The second kappa shape index (κ2) is 14.5. The van der Waals surface area contributed by atoms with E-state index in [1.807, 2.05) is 0 Å². The molecule has 3 amide bonds. The molecule has 0 bridgehead atoms. The Morgan fingerprint density at radius 1 is 0.684 bits per heavy atom. The monoisotopic (exact) mass is 545 g/mol. The Hall–Kier alpha value is -3.38. The number of amides is 3. The molecule has 218 valence electrons. The molecule has 4 N–H and O–H groups in total. The van der Waals surface area contributed by atoms with E-state index in [2.05, 4.69) is 16.0 Å². The molecule has 13 heteroatoms. The van der Waals surface area contributed by atoms with Crippen molar-refractivity contribution in [2.75, 3.05) is 6.54 Å². The molecule has 0 aromatic heterocycles. The van der Waals surface area contributed by atoms with Crippen LogP contribution in [-0.2, 0) is 38.2 Å². The van der Waals surface area contributed by atoms with Gasteiger partial charge in [0.15, 0.2) is 0 Å². The highest BCUT2D eigenvalue weighted by Crippen LogP contribution is 2.13. The topological polar surface area (TPSA) is 186 Å². The first-order valence-electron chi connectivity index (χ1n) is 12.3. The van der Waals surface area contributed by atoms with Crippen LogP contribution in [0.4, 0.5) is 4.79 Å². The minimum atomic E-state index is -1.26. The Balaban J connectivity index is 5.32. The molecule has 0 aliphatic carbocycles. The highest BCUT2D eigenvalue weighted by atomic mass is 16.6. The van der Waals surface area contributed by atoms with Gasteiger partial charge in [-0.15, -0.1) is 0 Å². The summed E-state index contributed by atoms with van der Waals surface area (Å²) in [5, 5.41) is 16.1. The molecule has 38 heavy (non-hydrogen) atoms. The number of hydrogen-bond donors (Lipinski definition) is 4. The van der Waals surface area contributed by atoms with Gasteiger partial charge in [-0.1, -0.05) is 0 Å². The zero-order valence-corrected chi connectivity index (χ0v) is 23.8. The van der Waals surface area contributed by atoms with Crippen molar-refractivity contribution >= 4 is 35.8 Å². The van der Waals surface area contributed by atoms with E-state index in [0.29, 0.717) is 0 Å². The first-order valence-corrected chi connectivity index (χ1v) is 12.3. The third-order valence-corrected chi connectivity index (χ3v) is 4.17. The summed E-state index contributed by atoms with van der Waals surface area (Å²) in [6, 6.07) is -2.49. The predicted molar refractivity (Wildman–Crippen MR) is 136 cm³/mol. The van der Waals surface area contributed by atoms with Crippen LogP contribution in [0.3, 0.4) is 0 Å². The summed E-state index contributed by atoms with van der Waals surface area (Å²) in [4.78, 5) is 73.0. The molecular weight excluding hydrogens is 502 g/mol. The van der Waals surface area contributed by atoms with Crippen molar-refractivity contribution in [3.05, 3.63) is 0 Å². The molecule has 0 rings (SSSR count). The van der Waals surface area contributed by atoms with Crippen LogP contribution >= 0.6 is 0 Å². The molecule has 0 unspecified atom stereocenters. The number of aliphatic carboxylic acids is 1. The van der Waals surface area contributed by atoms with Crippen LogP contribution in [0.1, 0.15) is 88.0 Å². The molecule has 13 nitrogen and oxygen atoms in total. The number of ether oxygens (including phenoxy) is 3. The predicted octanol–water partition coefficient (Wildman–Crippen LogP) is 1.81. The van der Waals surface area contributed by atoms with E-state index in [1.165, 1.54) is 0 Å². The lowest BCUT2D eigenvalue weighted by Gasteiger charge is -2.26. The van der Waals surface area contributed by atoms with Crippen molar-refractivity contribution in [1.29, 1.82) is 0 Å². The summed E-state index contributed by atoms with van der Waals surface area (Å²) in [6.45, 7) is 14.4. The Morgan fingerprint density at radius 3 is 1.66 bits per heavy atom. The summed E-state index contributed by atoms with van der Waals surface area (Å²) in [6.07, 6.45) is -2.05. The maximum Gasteiger partial charge on any atom is 0.408 e. The number of hydrogen-bond acceptors (Lipinski definition) is 9. The number of esters is 2. The highest BCUT2D eigenvalue weighted by molar-refractivity contribution is 5.90. The molecule has 0 aliphatic heterocycles. The van der Waals surface area contributed by atoms with Gasteiger partial charge in [0.25, 0.3) is 0 Å². The fraction of sp³-hybridized carbons (Fsp3) is 0.760. The smallest absolute Gasteiger partial charge is 0.408 e. The van der Waals surface area contributed by atoms with E-state index >= 15 is 0 Å². The highest BCUT2D eigenvalue weighted by Gasteiger charge is 2.30. The van der Waals surface area contributed by atoms with E-state index in [9.17, 15) is 28.8 Å². The van der Waals surface area contributed by atoms with Gasteiger partial charge in [-0.05, 0) is 75.2 Å². The quantitative estimate of drug-likeness (QED) is 0.208. The lowest BCUT2D eigenvalue weighted by molar-refractivity contribution is -0.158. The van der Waals surface area contributed by atoms with Crippen LogP contribution in [-0.4, -0.2) is 76.4 Å². The van der Waals surface area contributed by atoms with Crippen LogP contribution in [0.15, 0.2) is 0 Å². The van der Waals surface area contributed by atoms with E-state index in [0.717, 1.165) is 0 Å². The summed E-state index contributed by atoms with van der Waals surface area (Å²) in [5.74, 6) is -4.14. The van der Waals surface area contributed by atoms with Crippen LogP contribution in [0, 0.1) is 0 Å². The molecule has 0 aromatic carbocycles. The number of carbonyl (C=O) groups is 6. The first kappa shape index (κ1) is 34.6. The minimum Gasteiger partial charge on any atom is -0.481 e. The fourth-order valence-corrected chi connectivity index (χ4v) is 2.81. The summed E-state index contributed by atoms with van der Waals surface area (Å²) in [7, 11) is 0. The minimum absolute atomic E-state index is 0.189. The van der Waals surface area contributed by atoms with Crippen molar-refractivity contribution < 1.29 is 48.1 Å². The second-order valence-electron chi connectivity index (χ2n) is 11.6. The zero-order chi connectivity index (χ0) is 29.9. The first-order chi connectivity index (χ1) is 17.1. The van der Waals surface area contributed by atoms with Gasteiger partial charge in [-0.2, -0.15) is 0 Å². The lowest BCUT2D eigenvalue weighted by Crippen LogP contribution is -2.49. The Labute approximate surface area is 223 Å². The SMILES string of the molecule is CC(C)(C)OC(=O)CNC(=O)[C@@H](CCC(=O)O)NC(=O)CC[C@H](NC(=O)OC(C)(C)C)C(=O)OC(C)(C)C. The van der Waals surface area contributed by atoms with Crippen molar-refractivity contribution in [1.82, 2.24) is 16.0 Å². The van der Waals surface area contributed by atoms with Crippen molar-refractivity contribution in [3.8, 4) is 0 Å². The van der Waals surface area contributed by atoms with E-state index in [-0.39, 0.29) is 19.3 Å². The van der Waals surface area contributed by atoms with Crippen LogP contribution in [0.5, 0.6) is 0 Å². The summed E-state index contributed by atoms with van der Waals surface area (Å²) < 4.78 is 15.6. The third kappa shape index (κ3) is 18.0. The molecule has 0 aliphatic rings. The van der Waals surface area contributed by atoms with Gasteiger partial charge in [-0.25, -0.2) is 9.59 Å². The molecule has 0 aromatic rings. The molecule has 0 saturated heterocycles. The fourth-order valence-electron chi connectivity index (χ4n) is 2.81. The average molecular weight is 546 g/mol. The van der Waals surface area contributed by atoms with Crippen LogP contribution < -0.4 is 16.0 Å². The molecule has 0 spiro atoms. The molecule has 2 atom stereocenters. The standard InChI is InChI=1S/C25H43N3O10/c1-23(2,3)36-19(32)14-26-20(33)15(11-13-18(30)31)27-17(29)12-10-16(21(34)37-24(4,5)6)28-22(35)38-25(7,8)9/h15-16H,10-14H2,1-9H3,(H,26,33)(H,27,29)(H,28,35)(H,30,31)/t15-,16+/m1/s1. The number of nitrogens with one attached hydrogen (secondary N) is 3. The molecular formula is C25H43N3O10. The van der Waals surface area contributed by atoms with Crippen molar-refractivity contribution in [2.24, 2.45) is 0 Å². The number of rotatable bonds is 12. The maximum absolute atomic E-state index is 12.6. The summed E-state index contributed by atoms with van der Waals surface area (Å²) in [5.41, 5.74) is -2.46. The van der Waals surface area contributed by atoms with Crippen molar-refractivity contribution in [2.45, 2.75) is 117 Å². The Morgan fingerprint density at radius 2 is 1.18 bits per heavy atom. The molecule has 0 heterocycles. The lowest BCUT2D eigenvalue weighted by atomic mass is 10.1. The number of alkyl carbamates (subject to hydrolysis) is 1. The molecule has 0 saturated carbocycles. The van der Waals surface area contributed by atoms with E-state index in [1.54, 1.807) is 62.3 Å². The van der Waals surface area contributed by atoms with E-state index < -0.39 is 77.7 Å². The zero-order valence-electron chi connectivity index (χ0n) is 23.8. The van der Waals surface area contributed by atoms with E-state index in [4.69, 9.17) is 19.3 Å². The van der Waals surface area contributed by atoms with Crippen LogP contribution in [0.2, 0.25) is 0 Å². The van der Waals surface area contributed by atoms with Gasteiger partial charge < -0.3 is 35.3 Å². The maximum atomic E-state index is 12.6. The normalized spacial score (nSPS) is 13.4. The van der Waals surface area contributed by atoms with Gasteiger partial charge in [-0.3, -0.25) is 19.2 Å². The largest absolute Gasteiger partial charge is 0.481 e. The Kier molecular flexibility index (Phi) is 13.2. The second-order valence-corrected chi connectivity index (χ2v) is 11.6. The number of carbonyl (C=O) groups excluding carboxylic acids is 5. The number of carboxylic acids is 1.